The van der Waals surface area contributed by atoms with Crippen molar-refractivity contribution in [3.8, 4) is 0 Å². The second kappa shape index (κ2) is 6.85. The van der Waals surface area contributed by atoms with Crippen LogP contribution in [0.2, 0.25) is 0 Å². The maximum Gasteiger partial charge on any atom is 0.230 e. The number of thioether (sulfide) groups is 1. The first-order valence-electron chi connectivity index (χ1n) is 6.93. The first kappa shape index (κ1) is 14.3. The number of hydrogen-bond donors (Lipinski definition) is 2. The molecule has 1 aliphatic carbocycles. The SMILES string of the molecule is Cc1ccc(N)c(SCC(=O)NC2CCCCC2)c1. The van der Waals surface area contributed by atoms with Gasteiger partial charge in [-0.1, -0.05) is 25.3 Å². The fourth-order valence-electron chi connectivity index (χ4n) is 2.43. The summed E-state index contributed by atoms with van der Waals surface area (Å²) in [5, 5.41) is 3.12. The number of rotatable bonds is 4. The molecule has 3 nitrogen and oxygen atoms in total. The van der Waals surface area contributed by atoms with Crippen molar-refractivity contribution in [3.63, 3.8) is 0 Å². The molecule has 0 aromatic heterocycles. The summed E-state index contributed by atoms with van der Waals surface area (Å²) in [5.74, 6) is 0.572. The number of nitrogens with two attached hydrogens (primary N) is 1. The highest BCUT2D eigenvalue weighted by molar-refractivity contribution is 8.00. The molecule has 0 saturated heterocycles. The van der Waals surface area contributed by atoms with Crippen LogP contribution in [0.5, 0.6) is 0 Å². The predicted octanol–water partition coefficient (Wildman–Crippen LogP) is 3.12. The van der Waals surface area contributed by atoms with Crippen molar-refractivity contribution in [2.24, 2.45) is 0 Å². The number of aryl methyl sites for hydroxylation is 1. The van der Waals surface area contributed by atoms with Crippen LogP contribution in [-0.2, 0) is 4.79 Å². The van der Waals surface area contributed by atoms with Crippen molar-refractivity contribution >= 4 is 23.4 Å². The summed E-state index contributed by atoms with van der Waals surface area (Å²) in [4.78, 5) is 12.9. The molecule has 104 valence electrons. The van der Waals surface area contributed by atoms with Crippen LogP contribution in [0, 0.1) is 6.92 Å². The summed E-state index contributed by atoms with van der Waals surface area (Å²) in [6, 6.07) is 6.31. The van der Waals surface area contributed by atoms with Crippen LogP contribution >= 0.6 is 11.8 Å². The zero-order valence-corrected chi connectivity index (χ0v) is 12.3. The summed E-state index contributed by atoms with van der Waals surface area (Å²) in [7, 11) is 0. The zero-order valence-electron chi connectivity index (χ0n) is 11.4. The molecule has 0 aliphatic heterocycles. The van der Waals surface area contributed by atoms with Gasteiger partial charge in [0.1, 0.15) is 0 Å². The van der Waals surface area contributed by atoms with E-state index in [1.807, 2.05) is 25.1 Å². The van der Waals surface area contributed by atoms with Gasteiger partial charge in [0.25, 0.3) is 0 Å². The third kappa shape index (κ3) is 4.46. The van der Waals surface area contributed by atoms with Gasteiger partial charge in [-0.15, -0.1) is 11.8 Å². The van der Waals surface area contributed by atoms with Crippen molar-refractivity contribution < 1.29 is 4.79 Å². The molecule has 0 unspecified atom stereocenters. The Labute approximate surface area is 119 Å². The topological polar surface area (TPSA) is 55.1 Å². The number of hydrogen-bond acceptors (Lipinski definition) is 3. The average Bonchev–Trinajstić information content (AvgIpc) is 2.41. The minimum atomic E-state index is 0.123. The van der Waals surface area contributed by atoms with Crippen LogP contribution in [0.3, 0.4) is 0 Å². The van der Waals surface area contributed by atoms with Crippen LogP contribution in [0.4, 0.5) is 5.69 Å². The van der Waals surface area contributed by atoms with E-state index in [0.29, 0.717) is 11.8 Å². The second-order valence-corrected chi connectivity index (χ2v) is 6.25. The Morgan fingerprint density at radius 2 is 2.11 bits per heavy atom. The van der Waals surface area contributed by atoms with E-state index in [-0.39, 0.29) is 5.91 Å². The van der Waals surface area contributed by atoms with Crippen LogP contribution in [0.1, 0.15) is 37.7 Å². The number of amides is 1. The number of nitrogen functional groups attached to an aromatic ring is 1. The Morgan fingerprint density at radius 3 is 2.84 bits per heavy atom. The van der Waals surface area contributed by atoms with E-state index < -0.39 is 0 Å². The maximum absolute atomic E-state index is 11.9. The van der Waals surface area contributed by atoms with E-state index in [9.17, 15) is 4.79 Å². The molecule has 0 radical (unpaired) electrons. The van der Waals surface area contributed by atoms with Gasteiger partial charge < -0.3 is 11.1 Å². The lowest BCUT2D eigenvalue weighted by Crippen LogP contribution is -2.37. The van der Waals surface area contributed by atoms with Crippen LogP contribution in [0.25, 0.3) is 0 Å². The third-order valence-electron chi connectivity index (χ3n) is 3.50. The molecule has 0 bridgehead atoms. The summed E-state index contributed by atoms with van der Waals surface area (Å²) < 4.78 is 0. The van der Waals surface area contributed by atoms with Gasteiger partial charge >= 0.3 is 0 Å². The lowest BCUT2D eigenvalue weighted by molar-refractivity contribution is -0.119. The minimum absolute atomic E-state index is 0.123. The molecule has 0 spiro atoms. The first-order chi connectivity index (χ1) is 9.15. The lowest BCUT2D eigenvalue weighted by atomic mass is 9.95. The van der Waals surface area contributed by atoms with Crippen molar-refractivity contribution in [1.82, 2.24) is 5.32 Å². The van der Waals surface area contributed by atoms with Crippen molar-refractivity contribution in [2.75, 3.05) is 11.5 Å². The Morgan fingerprint density at radius 1 is 1.37 bits per heavy atom. The molecular formula is C15H22N2OS. The predicted molar refractivity (Wildman–Crippen MR) is 81.3 cm³/mol. The maximum atomic E-state index is 11.9. The van der Waals surface area contributed by atoms with Gasteiger partial charge in [-0.2, -0.15) is 0 Å². The van der Waals surface area contributed by atoms with Crippen molar-refractivity contribution in [3.05, 3.63) is 23.8 Å². The minimum Gasteiger partial charge on any atom is -0.398 e. The van der Waals surface area contributed by atoms with Gasteiger partial charge in [-0.05, 0) is 37.5 Å². The van der Waals surface area contributed by atoms with E-state index in [1.165, 1.54) is 36.6 Å². The number of nitrogens with one attached hydrogen (secondary N) is 1. The molecule has 3 N–H and O–H groups in total. The highest BCUT2D eigenvalue weighted by atomic mass is 32.2. The molecule has 1 aliphatic rings. The van der Waals surface area contributed by atoms with Crippen molar-refractivity contribution in [2.45, 2.75) is 50.0 Å². The molecule has 0 atom stereocenters. The number of carbonyl (C=O) groups is 1. The molecule has 2 rings (SSSR count). The first-order valence-corrected chi connectivity index (χ1v) is 7.92. The van der Waals surface area contributed by atoms with Gasteiger partial charge in [-0.3, -0.25) is 4.79 Å². The van der Waals surface area contributed by atoms with Gasteiger partial charge in [0, 0.05) is 16.6 Å². The number of anilines is 1. The zero-order chi connectivity index (χ0) is 13.7. The monoisotopic (exact) mass is 278 g/mol. The molecule has 19 heavy (non-hydrogen) atoms. The fraction of sp³-hybridized carbons (Fsp3) is 0.533. The fourth-order valence-corrected chi connectivity index (χ4v) is 3.30. The second-order valence-electron chi connectivity index (χ2n) is 5.23. The Kier molecular flexibility index (Phi) is 5.14. The normalized spacial score (nSPS) is 16.3. The molecule has 1 saturated carbocycles. The molecule has 1 fully saturated rings. The summed E-state index contributed by atoms with van der Waals surface area (Å²) in [6.07, 6.45) is 6.04. The Balaban J connectivity index is 1.81. The van der Waals surface area contributed by atoms with Crippen LogP contribution in [0.15, 0.2) is 23.1 Å². The molecule has 4 heteroatoms. The van der Waals surface area contributed by atoms with E-state index >= 15 is 0 Å². The summed E-state index contributed by atoms with van der Waals surface area (Å²) in [5.41, 5.74) is 7.83. The van der Waals surface area contributed by atoms with Gasteiger partial charge in [-0.25, -0.2) is 0 Å². The summed E-state index contributed by atoms with van der Waals surface area (Å²) in [6.45, 7) is 2.03. The largest absolute Gasteiger partial charge is 0.398 e. The van der Waals surface area contributed by atoms with E-state index in [0.717, 1.165) is 23.4 Å². The number of carbonyl (C=O) groups excluding carboxylic acids is 1. The van der Waals surface area contributed by atoms with Gasteiger partial charge in [0.2, 0.25) is 5.91 Å². The van der Waals surface area contributed by atoms with Gasteiger partial charge in [0.05, 0.1) is 5.75 Å². The molecule has 1 aromatic rings. The lowest BCUT2D eigenvalue weighted by Gasteiger charge is -2.22. The highest BCUT2D eigenvalue weighted by Crippen LogP contribution is 2.26. The van der Waals surface area contributed by atoms with Crippen molar-refractivity contribution in [1.29, 1.82) is 0 Å². The highest BCUT2D eigenvalue weighted by Gasteiger charge is 2.15. The number of benzene rings is 1. The molecule has 0 heterocycles. The van der Waals surface area contributed by atoms with E-state index in [4.69, 9.17) is 5.73 Å². The molecule has 1 aromatic carbocycles. The molecular weight excluding hydrogens is 256 g/mol. The van der Waals surface area contributed by atoms with E-state index in [2.05, 4.69) is 5.32 Å². The third-order valence-corrected chi connectivity index (χ3v) is 4.57. The summed E-state index contributed by atoms with van der Waals surface area (Å²) >= 11 is 1.52. The standard InChI is InChI=1S/C15H22N2OS/c1-11-7-8-13(16)14(9-11)19-10-15(18)17-12-5-3-2-4-6-12/h7-9,12H,2-6,10,16H2,1H3,(H,17,18). The quantitative estimate of drug-likeness (QED) is 0.657. The van der Waals surface area contributed by atoms with Gasteiger partial charge in [0.15, 0.2) is 0 Å². The smallest absolute Gasteiger partial charge is 0.230 e. The Bertz CT molecular complexity index is 442. The van der Waals surface area contributed by atoms with E-state index in [1.54, 1.807) is 0 Å². The Hall–Kier alpha value is -1.16. The average molecular weight is 278 g/mol. The molecule has 1 amide bonds. The van der Waals surface area contributed by atoms with Crippen LogP contribution in [-0.4, -0.2) is 17.7 Å². The van der Waals surface area contributed by atoms with Crippen LogP contribution < -0.4 is 11.1 Å².